The van der Waals surface area contributed by atoms with E-state index in [4.69, 9.17) is 5.11 Å². The van der Waals surface area contributed by atoms with Crippen molar-refractivity contribution in [3.8, 4) is 0 Å². The van der Waals surface area contributed by atoms with Crippen LogP contribution in [-0.2, 0) is 4.79 Å². The Labute approximate surface area is 103 Å². The summed E-state index contributed by atoms with van der Waals surface area (Å²) in [6.45, 7) is 6.86. The molecular formula is C14H21NO2. The van der Waals surface area contributed by atoms with Crippen LogP contribution in [0, 0.1) is 13.8 Å². The van der Waals surface area contributed by atoms with Gasteiger partial charge in [-0.1, -0.05) is 23.8 Å². The quantitative estimate of drug-likeness (QED) is 0.853. The normalized spacial score (nSPS) is 12.8. The molecule has 3 heteroatoms. The predicted octanol–water partition coefficient (Wildman–Crippen LogP) is 2.77. The summed E-state index contributed by atoms with van der Waals surface area (Å²) in [6.07, 6.45) is 0.186. The zero-order valence-corrected chi connectivity index (χ0v) is 11.0. The molecular weight excluding hydrogens is 214 g/mol. The molecule has 0 saturated heterocycles. The Hall–Kier alpha value is -1.35. The van der Waals surface area contributed by atoms with Gasteiger partial charge in [-0.2, -0.15) is 0 Å². The second kappa shape index (κ2) is 5.82. The largest absolute Gasteiger partial charge is 0.481 e. The summed E-state index contributed by atoms with van der Waals surface area (Å²) in [5, 5.41) is 8.69. The summed E-state index contributed by atoms with van der Waals surface area (Å²) in [6, 6.07) is 6.64. The zero-order chi connectivity index (χ0) is 13.0. The molecule has 0 spiro atoms. The first kappa shape index (κ1) is 13.7. The second-order valence-electron chi connectivity index (χ2n) is 4.66. The maximum atomic E-state index is 10.6. The third-order valence-corrected chi connectivity index (χ3v) is 3.22. The summed E-state index contributed by atoms with van der Waals surface area (Å²) in [4.78, 5) is 12.6. The van der Waals surface area contributed by atoms with Crippen molar-refractivity contribution in [3.63, 3.8) is 0 Å². The lowest BCUT2D eigenvalue weighted by atomic mass is 9.99. The van der Waals surface area contributed by atoms with E-state index in [9.17, 15) is 4.79 Å². The van der Waals surface area contributed by atoms with E-state index in [1.807, 2.05) is 7.05 Å². The topological polar surface area (TPSA) is 40.5 Å². The fourth-order valence-corrected chi connectivity index (χ4v) is 1.91. The third kappa shape index (κ3) is 3.86. The first-order valence-electron chi connectivity index (χ1n) is 5.91. The standard InChI is InChI=1S/C14H21NO2/c1-10-5-6-11(2)13(9-10)12(3)15(4)8-7-14(16)17/h5-6,9,12H,7-8H2,1-4H3,(H,16,17). The molecule has 0 aliphatic carbocycles. The Kier molecular flexibility index (Phi) is 4.70. The fourth-order valence-electron chi connectivity index (χ4n) is 1.91. The maximum absolute atomic E-state index is 10.6. The molecule has 1 atom stereocenters. The number of nitrogens with zero attached hydrogens (tertiary/aromatic N) is 1. The van der Waals surface area contributed by atoms with E-state index in [-0.39, 0.29) is 12.5 Å². The van der Waals surface area contributed by atoms with E-state index in [1.165, 1.54) is 16.7 Å². The molecule has 0 saturated carbocycles. The Morgan fingerprint density at radius 2 is 2.06 bits per heavy atom. The summed E-state index contributed by atoms with van der Waals surface area (Å²) in [5.41, 5.74) is 3.77. The van der Waals surface area contributed by atoms with Crippen LogP contribution in [0.1, 0.15) is 36.1 Å². The highest BCUT2D eigenvalue weighted by Crippen LogP contribution is 2.23. The molecule has 0 amide bonds. The molecule has 1 aromatic rings. The number of hydrogen-bond donors (Lipinski definition) is 1. The molecule has 1 N–H and O–H groups in total. The Bertz CT molecular complexity index is 401. The van der Waals surface area contributed by atoms with Gasteiger partial charge in [0.2, 0.25) is 0 Å². The Balaban J connectivity index is 2.77. The van der Waals surface area contributed by atoms with E-state index in [0.717, 1.165) is 0 Å². The van der Waals surface area contributed by atoms with E-state index >= 15 is 0 Å². The minimum atomic E-state index is -0.745. The number of rotatable bonds is 5. The fraction of sp³-hybridized carbons (Fsp3) is 0.500. The smallest absolute Gasteiger partial charge is 0.304 e. The van der Waals surface area contributed by atoms with E-state index < -0.39 is 5.97 Å². The monoisotopic (exact) mass is 235 g/mol. The lowest BCUT2D eigenvalue weighted by Crippen LogP contribution is -2.25. The van der Waals surface area contributed by atoms with Gasteiger partial charge >= 0.3 is 5.97 Å². The van der Waals surface area contributed by atoms with Crippen molar-refractivity contribution in [1.29, 1.82) is 0 Å². The summed E-state index contributed by atoms with van der Waals surface area (Å²) < 4.78 is 0. The van der Waals surface area contributed by atoms with Gasteiger partial charge in [0.25, 0.3) is 0 Å². The highest BCUT2D eigenvalue weighted by molar-refractivity contribution is 5.66. The van der Waals surface area contributed by atoms with Crippen LogP contribution in [0.3, 0.4) is 0 Å². The number of carboxylic acid groups (broad SMARTS) is 1. The van der Waals surface area contributed by atoms with E-state index in [2.05, 4.69) is 43.9 Å². The number of aliphatic carboxylic acids is 1. The summed E-state index contributed by atoms with van der Waals surface area (Å²) in [7, 11) is 1.97. The number of aryl methyl sites for hydroxylation is 2. The van der Waals surface area contributed by atoms with Crippen LogP contribution in [0.15, 0.2) is 18.2 Å². The lowest BCUT2D eigenvalue weighted by molar-refractivity contribution is -0.137. The van der Waals surface area contributed by atoms with Crippen LogP contribution in [0.25, 0.3) is 0 Å². The molecule has 0 radical (unpaired) electrons. The first-order valence-corrected chi connectivity index (χ1v) is 5.91. The zero-order valence-electron chi connectivity index (χ0n) is 11.0. The number of carboxylic acids is 1. The molecule has 3 nitrogen and oxygen atoms in total. The van der Waals surface area contributed by atoms with Crippen LogP contribution in [-0.4, -0.2) is 29.6 Å². The molecule has 94 valence electrons. The van der Waals surface area contributed by atoms with Gasteiger partial charge in [-0.15, -0.1) is 0 Å². The van der Waals surface area contributed by atoms with Crippen molar-refractivity contribution in [2.75, 3.05) is 13.6 Å². The minimum absolute atomic E-state index is 0.186. The van der Waals surface area contributed by atoms with Crippen molar-refractivity contribution in [1.82, 2.24) is 4.90 Å². The molecule has 0 fully saturated rings. The van der Waals surface area contributed by atoms with Gasteiger partial charge < -0.3 is 5.11 Å². The molecule has 1 rings (SSSR count). The minimum Gasteiger partial charge on any atom is -0.481 e. The van der Waals surface area contributed by atoms with Gasteiger partial charge in [-0.25, -0.2) is 0 Å². The van der Waals surface area contributed by atoms with Crippen molar-refractivity contribution in [2.24, 2.45) is 0 Å². The van der Waals surface area contributed by atoms with Crippen LogP contribution >= 0.6 is 0 Å². The average Bonchev–Trinajstić information content (AvgIpc) is 2.28. The summed E-state index contributed by atoms with van der Waals surface area (Å²) >= 11 is 0. The van der Waals surface area contributed by atoms with Crippen molar-refractivity contribution < 1.29 is 9.90 Å². The van der Waals surface area contributed by atoms with Crippen molar-refractivity contribution >= 4 is 5.97 Å². The van der Waals surface area contributed by atoms with Gasteiger partial charge in [0.15, 0.2) is 0 Å². The highest BCUT2D eigenvalue weighted by atomic mass is 16.4. The highest BCUT2D eigenvalue weighted by Gasteiger charge is 2.14. The molecule has 0 bridgehead atoms. The number of benzene rings is 1. The Morgan fingerprint density at radius 1 is 1.41 bits per heavy atom. The van der Waals surface area contributed by atoms with Crippen LogP contribution in [0.4, 0.5) is 0 Å². The third-order valence-electron chi connectivity index (χ3n) is 3.22. The van der Waals surface area contributed by atoms with Gasteiger partial charge in [0, 0.05) is 12.6 Å². The summed E-state index contributed by atoms with van der Waals surface area (Å²) in [5.74, 6) is -0.745. The average molecular weight is 235 g/mol. The van der Waals surface area contributed by atoms with Crippen LogP contribution < -0.4 is 0 Å². The molecule has 0 aliphatic heterocycles. The Morgan fingerprint density at radius 3 is 2.65 bits per heavy atom. The van der Waals surface area contributed by atoms with E-state index in [0.29, 0.717) is 6.54 Å². The van der Waals surface area contributed by atoms with Crippen molar-refractivity contribution in [3.05, 3.63) is 34.9 Å². The molecule has 0 aromatic heterocycles. The molecule has 0 heterocycles. The number of hydrogen-bond acceptors (Lipinski definition) is 2. The molecule has 17 heavy (non-hydrogen) atoms. The molecule has 1 unspecified atom stereocenters. The predicted molar refractivity (Wildman–Crippen MR) is 69.2 cm³/mol. The SMILES string of the molecule is Cc1ccc(C)c(C(C)N(C)CCC(=O)O)c1. The van der Waals surface area contributed by atoms with Gasteiger partial charge in [-0.05, 0) is 38.9 Å². The van der Waals surface area contributed by atoms with Crippen LogP contribution in [0.2, 0.25) is 0 Å². The number of carbonyl (C=O) groups is 1. The first-order chi connectivity index (χ1) is 7.91. The van der Waals surface area contributed by atoms with E-state index in [1.54, 1.807) is 0 Å². The maximum Gasteiger partial charge on any atom is 0.304 e. The van der Waals surface area contributed by atoms with Gasteiger partial charge in [-0.3, -0.25) is 9.69 Å². The molecule has 1 aromatic carbocycles. The van der Waals surface area contributed by atoms with Gasteiger partial charge in [0.05, 0.1) is 6.42 Å². The lowest BCUT2D eigenvalue weighted by Gasteiger charge is -2.26. The second-order valence-corrected chi connectivity index (χ2v) is 4.66. The van der Waals surface area contributed by atoms with Crippen LogP contribution in [0.5, 0.6) is 0 Å². The van der Waals surface area contributed by atoms with Crippen molar-refractivity contribution in [2.45, 2.75) is 33.2 Å². The molecule has 0 aliphatic rings. The van der Waals surface area contributed by atoms with Gasteiger partial charge in [0.1, 0.15) is 0 Å².